The minimum Gasteiger partial charge on any atom is -0.265 e. The molecule has 0 spiro atoms. The third-order valence-corrected chi connectivity index (χ3v) is 1.71. The summed E-state index contributed by atoms with van der Waals surface area (Å²) in [5.41, 5.74) is 1.37. The SMILES string of the molecule is C=CN=C/C(=C\C)C(C=C)=NC(Cl)=NC=C. The molecule has 0 aliphatic rings. The molecule has 0 aliphatic heterocycles. The molecule has 0 N–H and O–H groups in total. The maximum absolute atomic E-state index is 5.74. The van der Waals surface area contributed by atoms with Gasteiger partial charge in [-0.25, -0.2) is 9.98 Å². The molecule has 0 aromatic rings. The van der Waals surface area contributed by atoms with E-state index in [1.165, 1.54) is 12.4 Å². The number of hydrogen-bond acceptors (Lipinski definition) is 2. The second-order valence-electron chi connectivity index (χ2n) is 2.49. The highest BCUT2D eigenvalue weighted by Gasteiger charge is 2.00. The standard InChI is InChI=1S/C12H14ClN3/c1-5-10(9-14-7-3)11(6-2)16-12(13)15-8-4/h5-9H,2-4H2,1H3/b10-5+,14-9?,15-12?,16-11?. The van der Waals surface area contributed by atoms with E-state index in [1.807, 2.05) is 13.0 Å². The van der Waals surface area contributed by atoms with Gasteiger partial charge in [0.25, 0.3) is 0 Å². The first kappa shape index (κ1) is 14.3. The lowest BCUT2D eigenvalue weighted by Gasteiger charge is -1.99. The second kappa shape index (κ2) is 8.56. The molecule has 84 valence electrons. The van der Waals surface area contributed by atoms with Crippen LogP contribution in [0.3, 0.4) is 0 Å². The summed E-state index contributed by atoms with van der Waals surface area (Å²) in [7, 11) is 0. The third-order valence-electron chi connectivity index (χ3n) is 1.53. The lowest BCUT2D eigenvalue weighted by atomic mass is 10.1. The Hall–Kier alpha value is -1.74. The highest BCUT2D eigenvalue weighted by atomic mass is 35.5. The van der Waals surface area contributed by atoms with Crippen molar-refractivity contribution in [3.8, 4) is 0 Å². The summed E-state index contributed by atoms with van der Waals surface area (Å²) in [6, 6.07) is 0. The number of halogens is 1. The van der Waals surface area contributed by atoms with Crippen LogP contribution < -0.4 is 0 Å². The summed E-state index contributed by atoms with van der Waals surface area (Å²) in [6.45, 7) is 12.4. The van der Waals surface area contributed by atoms with Crippen LogP contribution >= 0.6 is 11.6 Å². The fourth-order valence-corrected chi connectivity index (χ4v) is 1.01. The number of hydrogen-bond donors (Lipinski definition) is 0. The fourth-order valence-electron chi connectivity index (χ4n) is 0.853. The number of rotatable bonds is 5. The average Bonchev–Trinajstić information content (AvgIpc) is 2.28. The predicted molar refractivity (Wildman–Crippen MR) is 73.6 cm³/mol. The van der Waals surface area contributed by atoms with Gasteiger partial charge in [0.1, 0.15) is 0 Å². The number of aliphatic imine (C=N–C) groups is 3. The van der Waals surface area contributed by atoms with Crippen LogP contribution in [0.2, 0.25) is 0 Å². The number of allylic oxidation sites excluding steroid dienone is 3. The first-order valence-electron chi connectivity index (χ1n) is 4.55. The van der Waals surface area contributed by atoms with Gasteiger partial charge in [0.15, 0.2) is 0 Å². The van der Waals surface area contributed by atoms with E-state index in [9.17, 15) is 0 Å². The van der Waals surface area contributed by atoms with Crippen LogP contribution in [0.5, 0.6) is 0 Å². The van der Waals surface area contributed by atoms with Crippen molar-refractivity contribution in [1.29, 1.82) is 0 Å². The zero-order valence-corrected chi connectivity index (χ0v) is 9.98. The van der Waals surface area contributed by atoms with E-state index in [2.05, 4.69) is 34.7 Å². The topological polar surface area (TPSA) is 37.1 Å². The van der Waals surface area contributed by atoms with Gasteiger partial charge in [0.2, 0.25) is 5.29 Å². The molecule has 0 atom stereocenters. The van der Waals surface area contributed by atoms with Gasteiger partial charge in [-0.2, -0.15) is 0 Å². The largest absolute Gasteiger partial charge is 0.265 e. The van der Waals surface area contributed by atoms with Crippen molar-refractivity contribution in [3.63, 3.8) is 0 Å². The van der Waals surface area contributed by atoms with Crippen molar-refractivity contribution < 1.29 is 0 Å². The first-order valence-corrected chi connectivity index (χ1v) is 4.93. The summed E-state index contributed by atoms with van der Waals surface area (Å²) < 4.78 is 0. The van der Waals surface area contributed by atoms with Crippen LogP contribution in [-0.4, -0.2) is 17.2 Å². The molecular weight excluding hydrogens is 222 g/mol. The lowest BCUT2D eigenvalue weighted by molar-refractivity contribution is 1.54. The summed E-state index contributed by atoms with van der Waals surface area (Å²) in [5.74, 6) is 0. The molecule has 0 aliphatic carbocycles. The van der Waals surface area contributed by atoms with Crippen molar-refractivity contribution in [1.82, 2.24) is 0 Å². The van der Waals surface area contributed by atoms with E-state index in [0.29, 0.717) is 5.71 Å². The molecular formula is C12H14ClN3. The van der Waals surface area contributed by atoms with Crippen LogP contribution in [0.4, 0.5) is 0 Å². The highest BCUT2D eigenvalue weighted by Crippen LogP contribution is 2.01. The Morgan fingerprint density at radius 3 is 2.31 bits per heavy atom. The van der Waals surface area contributed by atoms with Gasteiger partial charge in [0.05, 0.1) is 5.71 Å². The molecule has 0 aromatic carbocycles. The van der Waals surface area contributed by atoms with Crippen LogP contribution in [0.15, 0.2) is 64.8 Å². The minimum absolute atomic E-state index is 0.0938. The van der Waals surface area contributed by atoms with Crippen molar-refractivity contribution in [2.24, 2.45) is 15.0 Å². The van der Waals surface area contributed by atoms with Gasteiger partial charge >= 0.3 is 0 Å². The summed E-state index contributed by atoms with van der Waals surface area (Å²) in [6.07, 6.45) is 7.78. The van der Waals surface area contributed by atoms with Gasteiger partial charge in [-0.15, -0.1) is 0 Å². The quantitative estimate of drug-likeness (QED) is 0.397. The summed E-state index contributed by atoms with van der Waals surface area (Å²) >= 11 is 5.74. The predicted octanol–water partition coefficient (Wildman–Crippen LogP) is 3.51. The number of amidine groups is 1. The molecule has 0 saturated carbocycles. The minimum atomic E-state index is 0.0938. The molecule has 0 amide bonds. The Morgan fingerprint density at radius 1 is 1.19 bits per heavy atom. The van der Waals surface area contributed by atoms with Crippen LogP contribution in [0.1, 0.15) is 6.92 Å². The average molecular weight is 236 g/mol. The molecule has 0 aromatic heterocycles. The second-order valence-corrected chi connectivity index (χ2v) is 2.82. The highest BCUT2D eigenvalue weighted by molar-refractivity contribution is 6.66. The lowest BCUT2D eigenvalue weighted by Crippen LogP contribution is -2.02. The van der Waals surface area contributed by atoms with Crippen LogP contribution in [0, 0.1) is 0 Å². The Kier molecular flexibility index (Phi) is 7.63. The van der Waals surface area contributed by atoms with E-state index in [1.54, 1.807) is 12.3 Å². The molecule has 16 heavy (non-hydrogen) atoms. The zero-order chi connectivity index (χ0) is 12.4. The Balaban J connectivity index is 5.18. The third kappa shape index (κ3) is 5.22. The zero-order valence-electron chi connectivity index (χ0n) is 9.23. The van der Waals surface area contributed by atoms with Gasteiger partial charge < -0.3 is 0 Å². The van der Waals surface area contributed by atoms with E-state index in [0.717, 1.165) is 5.57 Å². The monoisotopic (exact) mass is 235 g/mol. The Morgan fingerprint density at radius 2 is 1.88 bits per heavy atom. The van der Waals surface area contributed by atoms with Crippen LogP contribution in [-0.2, 0) is 0 Å². The molecule has 0 heterocycles. The van der Waals surface area contributed by atoms with Crippen molar-refractivity contribution in [2.75, 3.05) is 0 Å². The smallest absolute Gasteiger partial charge is 0.222 e. The maximum atomic E-state index is 5.74. The van der Waals surface area contributed by atoms with Gasteiger partial charge in [-0.1, -0.05) is 25.8 Å². The molecule has 0 fully saturated rings. The Bertz CT molecular complexity index is 387. The summed E-state index contributed by atoms with van der Waals surface area (Å²) in [4.78, 5) is 11.7. The van der Waals surface area contributed by atoms with Gasteiger partial charge in [-0.3, -0.25) is 4.99 Å². The van der Waals surface area contributed by atoms with Crippen molar-refractivity contribution in [2.45, 2.75) is 6.92 Å². The van der Waals surface area contributed by atoms with E-state index < -0.39 is 0 Å². The molecule has 0 unspecified atom stereocenters. The number of nitrogens with zero attached hydrogens (tertiary/aromatic N) is 3. The van der Waals surface area contributed by atoms with E-state index >= 15 is 0 Å². The Labute approximate surface area is 101 Å². The van der Waals surface area contributed by atoms with E-state index in [4.69, 9.17) is 11.6 Å². The molecule has 0 rings (SSSR count). The summed E-state index contributed by atoms with van der Waals surface area (Å²) in [5, 5.41) is 0.0938. The van der Waals surface area contributed by atoms with Gasteiger partial charge in [0, 0.05) is 24.2 Å². The van der Waals surface area contributed by atoms with Gasteiger partial charge in [-0.05, 0) is 24.6 Å². The van der Waals surface area contributed by atoms with E-state index in [-0.39, 0.29) is 5.29 Å². The fraction of sp³-hybridized carbons (Fsp3) is 0.0833. The van der Waals surface area contributed by atoms with Crippen molar-refractivity contribution >= 4 is 28.8 Å². The van der Waals surface area contributed by atoms with Crippen molar-refractivity contribution in [3.05, 3.63) is 49.9 Å². The molecule has 0 radical (unpaired) electrons. The van der Waals surface area contributed by atoms with Crippen LogP contribution in [0.25, 0.3) is 0 Å². The first-order chi connectivity index (χ1) is 7.69. The molecule has 0 saturated heterocycles. The normalized spacial score (nSPS) is 14.0. The maximum Gasteiger partial charge on any atom is 0.222 e. The molecule has 3 nitrogen and oxygen atoms in total. The molecule has 0 bridgehead atoms. The molecule has 4 heteroatoms.